The zero-order valence-corrected chi connectivity index (χ0v) is 13.2. The highest BCUT2D eigenvalue weighted by Gasteiger charge is 2.07. The number of rotatable bonds is 5. The van der Waals surface area contributed by atoms with Crippen LogP contribution in [0.5, 0.6) is 0 Å². The molecule has 0 heterocycles. The Bertz CT molecular complexity index is 597. The first-order valence-electron chi connectivity index (χ1n) is 6.57. The predicted octanol–water partition coefficient (Wildman–Crippen LogP) is 4.46. The second-order valence-electron chi connectivity index (χ2n) is 4.71. The van der Waals surface area contributed by atoms with Gasteiger partial charge in [0.25, 0.3) is 0 Å². The second kappa shape index (κ2) is 7.34. The summed E-state index contributed by atoms with van der Waals surface area (Å²) in [6.07, 6.45) is 0.384. The minimum atomic E-state index is -0.0730. The van der Waals surface area contributed by atoms with E-state index in [2.05, 4.69) is 5.32 Å². The van der Waals surface area contributed by atoms with Crippen LogP contribution >= 0.6 is 23.2 Å². The van der Waals surface area contributed by atoms with E-state index in [1.165, 1.54) is 0 Å². The molecule has 5 heteroatoms. The first-order valence-corrected chi connectivity index (χ1v) is 7.32. The van der Waals surface area contributed by atoms with Crippen molar-refractivity contribution in [3.63, 3.8) is 0 Å². The topological polar surface area (TPSA) is 32.3 Å². The van der Waals surface area contributed by atoms with Gasteiger partial charge in [-0.25, -0.2) is 0 Å². The highest BCUT2D eigenvalue weighted by atomic mass is 35.5. The lowest BCUT2D eigenvalue weighted by atomic mass is 10.2. The minimum absolute atomic E-state index is 0.0730. The third kappa shape index (κ3) is 4.96. The Morgan fingerprint density at radius 1 is 1.10 bits per heavy atom. The lowest BCUT2D eigenvalue weighted by molar-refractivity contribution is -0.116. The van der Waals surface area contributed by atoms with Crippen LogP contribution in [0.3, 0.4) is 0 Å². The molecule has 0 aliphatic heterocycles. The number of para-hydroxylation sites is 1. The Morgan fingerprint density at radius 2 is 1.71 bits per heavy atom. The maximum absolute atomic E-state index is 11.9. The van der Waals surface area contributed by atoms with E-state index >= 15 is 0 Å². The summed E-state index contributed by atoms with van der Waals surface area (Å²) < 4.78 is 0. The number of nitrogens with one attached hydrogen (secondary N) is 1. The van der Waals surface area contributed by atoms with Crippen molar-refractivity contribution in [3.8, 4) is 0 Å². The Labute approximate surface area is 134 Å². The zero-order valence-electron chi connectivity index (χ0n) is 11.6. The standard InChI is InChI=1S/C16H16Cl2N2O/c1-20(15-5-3-2-4-6-15)8-7-16(21)19-14-10-12(17)9-13(18)11-14/h2-6,9-11H,7-8H2,1H3,(H,19,21). The number of hydrogen-bond donors (Lipinski definition) is 1. The van der Waals surface area contributed by atoms with Crippen LogP contribution in [0.25, 0.3) is 0 Å². The number of benzene rings is 2. The lowest BCUT2D eigenvalue weighted by Gasteiger charge is -2.18. The summed E-state index contributed by atoms with van der Waals surface area (Å²) in [5.41, 5.74) is 1.69. The van der Waals surface area contributed by atoms with Gasteiger partial charge in [0.05, 0.1) is 0 Å². The van der Waals surface area contributed by atoms with Gasteiger partial charge in [-0.3, -0.25) is 4.79 Å². The van der Waals surface area contributed by atoms with Gasteiger partial charge in [0.2, 0.25) is 5.91 Å². The predicted molar refractivity (Wildman–Crippen MR) is 89.4 cm³/mol. The van der Waals surface area contributed by atoms with Crippen LogP contribution < -0.4 is 10.2 Å². The fourth-order valence-electron chi connectivity index (χ4n) is 1.93. The van der Waals surface area contributed by atoms with Gasteiger partial charge in [-0.15, -0.1) is 0 Å². The molecule has 0 radical (unpaired) electrons. The maximum atomic E-state index is 11.9. The van der Waals surface area contributed by atoms with E-state index in [-0.39, 0.29) is 5.91 Å². The van der Waals surface area contributed by atoms with Crippen LogP contribution in [0.15, 0.2) is 48.5 Å². The molecule has 0 atom stereocenters. The molecule has 21 heavy (non-hydrogen) atoms. The van der Waals surface area contributed by atoms with Gasteiger partial charge < -0.3 is 10.2 Å². The molecule has 0 spiro atoms. The molecule has 1 amide bonds. The van der Waals surface area contributed by atoms with Crippen molar-refractivity contribution in [2.75, 3.05) is 23.8 Å². The Hall–Kier alpha value is -1.71. The van der Waals surface area contributed by atoms with E-state index in [4.69, 9.17) is 23.2 Å². The third-order valence-corrected chi connectivity index (χ3v) is 3.45. The third-order valence-electron chi connectivity index (χ3n) is 3.02. The number of anilines is 2. The number of nitrogens with zero attached hydrogens (tertiary/aromatic N) is 1. The molecule has 110 valence electrons. The van der Waals surface area contributed by atoms with Crippen molar-refractivity contribution in [3.05, 3.63) is 58.6 Å². The zero-order chi connectivity index (χ0) is 15.2. The van der Waals surface area contributed by atoms with E-state index < -0.39 is 0 Å². The van der Waals surface area contributed by atoms with Crippen molar-refractivity contribution in [1.29, 1.82) is 0 Å². The van der Waals surface area contributed by atoms with Gasteiger partial charge >= 0.3 is 0 Å². The van der Waals surface area contributed by atoms with Crippen LogP contribution in [0.1, 0.15) is 6.42 Å². The van der Waals surface area contributed by atoms with Gasteiger partial charge in [-0.2, -0.15) is 0 Å². The summed E-state index contributed by atoms with van der Waals surface area (Å²) in [5.74, 6) is -0.0730. The van der Waals surface area contributed by atoms with Crippen LogP contribution in [0, 0.1) is 0 Å². The number of hydrogen-bond acceptors (Lipinski definition) is 2. The van der Waals surface area contributed by atoms with Gasteiger partial charge in [0.1, 0.15) is 0 Å². The average Bonchev–Trinajstić information content (AvgIpc) is 2.44. The number of amides is 1. The summed E-state index contributed by atoms with van der Waals surface area (Å²) in [6, 6.07) is 14.9. The van der Waals surface area contributed by atoms with Crippen molar-refractivity contribution < 1.29 is 4.79 Å². The molecular formula is C16H16Cl2N2O. The molecule has 0 aliphatic carbocycles. The van der Waals surface area contributed by atoms with E-state index in [9.17, 15) is 4.79 Å². The first-order chi connectivity index (χ1) is 10.0. The lowest BCUT2D eigenvalue weighted by Crippen LogP contribution is -2.23. The highest BCUT2D eigenvalue weighted by Crippen LogP contribution is 2.22. The van der Waals surface area contributed by atoms with Gasteiger partial charge in [-0.1, -0.05) is 41.4 Å². The maximum Gasteiger partial charge on any atom is 0.226 e. The Balaban J connectivity index is 1.87. The number of halogens is 2. The first kappa shape index (κ1) is 15.7. The molecule has 0 unspecified atom stereocenters. The van der Waals surface area contributed by atoms with Gasteiger partial charge in [0.15, 0.2) is 0 Å². The normalized spacial score (nSPS) is 10.2. The molecule has 1 N–H and O–H groups in total. The molecular weight excluding hydrogens is 307 g/mol. The molecule has 0 saturated carbocycles. The average molecular weight is 323 g/mol. The quantitative estimate of drug-likeness (QED) is 0.881. The molecule has 0 fully saturated rings. The molecule has 2 rings (SSSR count). The molecule has 0 aliphatic rings. The number of carbonyl (C=O) groups is 1. The summed E-state index contributed by atoms with van der Waals surface area (Å²) in [5, 5.41) is 3.79. The monoisotopic (exact) mass is 322 g/mol. The molecule has 2 aromatic carbocycles. The number of carbonyl (C=O) groups excluding carboxylic acids is 1. The molecule has 0 bridgehead atoms. The SMILES string of the molecule is CN(CCC(=O)Nc1cc(Cl)cc(Cl)c1)c1ccccc1. The van der Waals surface area contributed by atoms with Crippen LogP contribution in [0.4, 0.5) is 11.4 Å². The van der Waals surface area contributed by atoms with Crippen LogP contribution in [0.2, 0.25) is 10.0 Å². The van der Waals surface area contributed by atoms with E-state index in [0.29, 0.717) is 28.7 Å². The Morgan fingerprint density at radius 3 is 2.33 bits per heavy atom. The fourth-order valence-corrected chi connectivity index (χ4v) is 2.46. The summed E-state index contributed by atoms with van der Waals surface area (Å²) in [4.78, 5) is 14.0. The fraction of sp³-hybridized carbons (Fsp3) is 0.188. The summed E-state index contributed by atoms with van der Waals surface area (Å²) in [6.45, 7) is 0.629. The highest BCUT2D eigenvalue weighted by molar-refractivity contribution is 6.35. The van der Waals surface area contributed by atoms with Crippen molar-refractivity contribution in [1.82, 2.24) is 0 Å². The molecule has 0 aromatic heterocycles. The van der Waals surface area contributed by atoms with Crippen LogP contribution in [-0.4, -0.2) is 19.5 Å². The largest absolute Gasteiger partial charge is 0.374 e. The smallest absolute Gasteiger partial charge is 0.226 e. The van der Waals surface area contributed by atoms with Crippen LogP contribution in [-0.2, 0) is 4.79 Å². The van der Waals surface area contributed by atoms with E-state index in [1.807, 2.05) is 42.3 Å². The second-order valence-corrected chi connectivity index (χ2v) is 5.59. The van der Waals surface area contributed by atoms with Gasteiger partial charge in [-0.05, 0) is 30.3 Å². The van der Waals surface area contributed by atoms with E-state index in [1.54, 1.807) is 18.2 Å². The van der Waals surface area contributed by atoms with Crippen molar-refractivity contribution in [2.24, 2.45) is 0 Å². The molecule has 2 aromatic rings. The van der Waals surface area contributed by atoms with Gasteiger partial charge in [0, 0.05) is 41.4 Å². The minimum Gasteiger partial charge on any atom is -0.374 e. The van der Waals surface area contributed by atoms with Crippen molar-refractivity contribution >= 4 is 40.5 Å². The Kier molecular flexibility index (Phi) is 5.48. The summed E-state index contributed by atoms with van der Waals surface area (Å²) in [7, 11) is 1.96. The van der Waals surface area contributed by atoms with Crippen molar-refractivity contribution in [2.45, 2.75) is 6.42 Å². The van der Waals surface area contributed by atoms with E-state index in [0.717, 1.165) is 5.69 Å². The summed E-state index contributed by atoms with van der Waals surface area (Å²) >= 11 is 11.8. The molecule has 0 saturated heterocycles. The molecule has 3 nitrogen and oxygen atoms in total.